The molecule has 1 unspecified atom stereocenters. The van der Waals surface area contributed by atoms with Crippen molar-refractivity contribution in [3.05, 3.63) is 29.3 Å². The number of hydrogen-bond donors (Lipinski definition) is 1. The van der Waals surface area contributed by atoms with E-state index in [1.165, 1.54) is 11.3 Å². The summed E-state index contributed by atoms with van der Waals surface area (Å²) in [7, 11) is 0. The Bertz CT molecular complexity index is 839. The highest BCUT2D eigenvalue weighted by molar-refractivity contribution is 14.1. The molecule has 0 aromatic heterocycles. The quantitative estimate of drug-likeness (QED) is 0.144. The van der Waals surface area contributed by atoms with Crippen molar-refractivity contribution in [3.63, 3.8) is 0 Å². The van der Waals surface area contributed by atoms with Crippen LogP contribution in [0.2, 0.25) is 0 Å². The minimum absolute atomic E-state index is 0.00134. The molecular formula is C25H37IN2O6. The fraction of sp³-hybridized carbons (Fsp3) is 0.640. The van der Waals surface area contributed by atoms with Gasteiger partial charge in [0.1, 0.15) is 17.4 Å². The number of unbranched alkanes of at least 4 members (excludes halogenated alkanes) is 2. The number of carbonyl (C=O) groups excluding carboxylic acids is 3. The summed E-state index contributed by atoms with van der Waals surface area (Å²) in [5, 5.41) is 0. The van der Waals surface area contributed by atoms with Crippen LogP contribution in [0.3, 0.4) is 0 Å². The number of alkyl halides is 1. The monoisotopic (exact) mass is 588 g/mol. The Morgan fingerprint density at radius 2 is 1.79 bits per heavy atom. The predicted octanol–water partition coefficient (Wildman–Crippen LogP) is 4.01. The number of benzene rings is 1. The number of hydrogen-bond acceptors (Lipinski definition) is 6. The first-order valence-corrected chi connectivity index (χ1v) is 13.4. The van der Waals surface area contributed by atoms with Crippen LogP contribution >= 0.6 is 22.6 Å². The molecule has 8 nitrogen and oxygen atoms in total. The number of nitrogens with two attached hydrogens (primary N) is 1. The van der Waals surface area contributed by atoms with Gasteiger partial charge in [0.2, 0.25) is 5.91 Å². The van der Waals surface area contributed by atoms with Gasteiger partial charge in [-0.15, -0.1) is 0 Å². The molecule has 1 aliphatic rings. The maximum absolute atomic E-state index is 12.9. The van der Waals surface area contributed by atoms with E-state index >= 15 is 0 Å². The first kappa shape index (κ1) is 28.4. The molecule has 1 heterocycles. The van der Waals surface area contributed by atoms with Gasteiger partial charge in [0, 0.05) is 31.7 Å². The molecule has 0 spiro atoms. The molecule has 1 aliphatic heterocycles. The fourth-order valence-electron chi connectivity index (χ4n) is 3.66. The van der Waals surface area contributed by atoms with Crippen LogP contribution in [0.15, 0.2) is 18.2 Å². The molecule has 2 N–H and O–H groups in total. The van der Waals surface area contributed by atoms with Crippen molar-refractivity contribution >= 4 is 40.4 Å². The van der Waals surface area contributed by atoms with Crippen molar-refractivity contribution in [2.75, 3.05) is 24.2 Å². The Morgan fingerprint density at radius 1 is 1.12 bits per heavy atom. The molecule has 34 heavy (non-hydrogen) atoms. The van der Waals surface area contributed by atoms with Crippen molar-refractivity contribution in [1.29, 1.82) is 0 Å². The van der Waals surface area contributed by atoms with Crippen LogP contribution in [0.5, 0.6) is 5.75 Å². The average Bonchev–Trinajstić information content (AvgIpc) is 3.07. The van der Waals surface area contributed by atoms with Crippen LogP contribution in [0, 0.1) is 0 Å². The van der Waals surface area contributed by atoms with Gasteiger partial charge in [-0.25, -0.2) is 0 Å². The molecule has 1 aromatic rings. The topological polar surface area (TPSA) is 108 Å². The lowest BCUT2D eigenvalue weighted by Gasteiger charge is -2.25. The smallest absolute Gasteiger partial charge is 0.306 e. The second-order valence-corrected chi connectivity index (χ2v) is 10.4. The number of esters is 1. The third-order valence-corrected chi connectivity index (χ3v) is 6.04. The van der Waals surface area contributed by atoms with E-state index in [1.54, 1.807) is 32.9 Å². The van der Waals surface area contributed by atoms with Crippen molar-refractivity contribution in [2.24, 2.45) is 5.73 Å². The van der Waals surface area contributed by atoms with E-state index in [0.717, 1.165) is 42.5 Å². The highest BCUT2D eigenvalue weighted by Crippen LogP contribution is 2.29. The first-order chi connectivity index (χ1) is 16.1. The van der Waals surface area contributed by atoms with Crippen LogP contribution < -0.4 is 10.5 Å². The lowest BCUT2D eigenvalue weighted by molar-refractivity contribution is -0.155. The third kappa shape index (κ3) is 9.40. The van der Waals surface area contributed by atoms with E-state index in [-0.39, 0.29) is 25.3 Å². The van der Waals surface area contributed by atoms with Gasteiger partial charge in [0.25, 0.3) is 5.91 Å². The summed E-state index contributed by atoms with van der Waals surface area (Å²) in [6, 6.07) is 4.43. The Balaban J connectivity index is 1.84. The molecule has 0 bridgehead atoms. The lowest BCUT2D eigenvalue weighted by Crippen LogP contribution is -2.45. The van der Waals surface area contributed by atoms with Crippen molar-refractivity contribution in [1.82, 2.24) is 4.90 Å². The number of amides is 2. The SMILES string of the molecule is CC(C)(C)OC(=O)CCC(C(N)=O)N1Cc2cc(OCCCCOCCCCI)ccc2C1=O. The minimum Gasteiger partial charge on any atom is -0.494 e. The van der Waals surface area contributed by atoms with E-state index in [4.69, 9.17) is 19.9 Å². The maximum atomic E-state index is 12.9. The Morgan fingerprint density at radius 3 is 2.44 bits per heavy atom. The van der Waals surface area contributed by atoms with Gasteiger partial charge in [-0.2, -0.15) is 0 Å². The van der Waals surface area contributed by atoms with Gasteiger partial charge >= 0.3 is 5.97 Å². The normalized spacial score (nSPS) is 14.1. The summed E-state index contributed by atoms with van der Waals surface area (Å²) in [6.45, 7) is 7.68. The number of nitrogens with zero attached hydrogens (tertiary/aromatic N) is 1. The van der Waals surface area contributed by atoms with Gasteiger partial charge in [-0.1, -0.05) is 22.6 Å². The van der Waals surface area contributed by atoms with Crippen LogP contribution in [0.1, 0.15) is 75.2 Å². The van der Waals surface area contributed by atoms with Crippen molar-refractivity contribution in [3.8, 4) is 5.75 Å². The van der Waals surface area contributed by atoms with Crippen LogP contribution in [0.4, 0.5) is 0 Å². The number of fused-ring (bicyclic) bond motifs is 1. The second-order valence-electron chi connectivity index (χ2n) is 9.36. The summed E-state index contributed by atoms with van der Waals surface area (Å²) in [6.07, 6.45) is 4.21. The van der Waals surface area contributed by atoms with Crippen LogP contribution in [-0.2, 0) is 25.6 Å². The van der Waals surface area contributed by atoms with Crippen molar-refractivity contribution < 1.29 is 28.6 Å². The van der Waals surface area contributed by atoms with Crippen molar-refractivity contribution in [2.45, 2.75) is 77.5 Å². The van der Waals surface area contributed by atoms with E-state index in [2.05, 4.69) is 22.6 Å². The Hall–Kier alpha value is -1.88. The Kier molecular flexibility index (Phi) is 11.6. The Labute approximate surface area is 216 Å². The molecule has 1 atom stereocenters. The molecule has 0 fully saturated rings. The molecule has 190 valence electrons. The van der Waals surface area contributed by atoms with Gasteiger partial charge in [0.15, 0.2) is 0 Å². The van der Waals surface area contributed by atoms with Crippen LogP contribution in [0.25, 0.3) is 0 Å². The molecule has 0 radical (unpaired) electrons. The number of ether oxygens (including phenoxy) is 3. The molecule has 9 heteroatoms. The molecule has 1 aromatic carbocycles. The van der Waals surface area contributed by atoms with Crippen LogP contribution in [-0.4, -0.2) is 58.6 Å². The van der Waals surface area contributed by atoms with E-state index < -0.39 is 23.5 Å². The van der Waals surface area contributed by atoms with E-state index in [9.17, 15) is 14.4 Å². The zero-order chi connectivity index (χ0) is 25.1. The average molecular weight is 588 g/mol. The van der Waals surface area contributed by atoms with Gasteiger partial charge < -0.3 is 24.8 Å². The zero-order valence-corrected chi connectivity index (χ0v) is 22.6. The number of carbonyl (C=O) groups is 3. The maximum Gasteiger partial charge on any atom is 0.306 e. The standard InChI is InChI=1S/C25H37IN2O6/c1-25(2,3)34-22(29)11-10-21(23(27)30)28-17-18-16-19(8-9-20(18)24(28)31)33-15-7-6-14-32-13-5-4-12-26/h8-9,16,21H,4-7,10-15,17H2,1-3H3,(H2,27,30). The molecule has 2 rings (SSSR count). The second kappa shape index (κ2) is 13.9. The van der Waals surface area contributed by atoms with Gasteiger partial charge in [-0.05, 0) is 81.1 Å². The lowest BCUT2D eigenvalue weighted by atomic mass is 10.1. The number of rotatable bonds is 15. The van der Waals surface area contributed by atoms with Gasteiger partial charge in [0.05, 0.1) is 6.61 Å². The summed E-state index contributed by atoms with van der Waals surface area (Å²) in [5.41, 5.74) is 6.27. The zero-order valence-electron chi connectivity index (χ0n) is 20.4. The number of halogens is 1. The fourth-order valence-corrected chi connectivity index (χ4v) is 4.20. The molecular weight excluding hydrogens is 551 g/mol. The highest BCUT2D eigenvalue weighted by Gasteiger charge is 2.36. The summed E-state index contributed by atoms with van der Waals surface area (Å²) in [4.78, 5) is 38.5. The summed E-state index contributed by atoms with van der Waals surface area (Å²) in [5.74, 6) is -0.655. The largest absolute Gasteiger partial charge is 0.494 e. The summed E-state index contributed by atoms with van der Waals surface area (Å²) >= 11 is 2.37. The van der Waals surface area contributed by atoms with Gasteiger partial charge in [-0.3, -0.25) is 14.4 Å². The predicted molar refractivity (Wildman–Crippen MR) is 138 cm³/mol. The summed E-state index contributed by atoms with van der Waals surface area (Å²) < 4.78 is 17.9. The highest BCUT2D eigenvalue weighted by atomic mass is 127. The van der Waals surface area contributed by atoms with E-state index in [1.807, 2.05) is 6.07 Å². The molecule has 0 saturated heterocycles. The third-order valence-electron chi connectivity index (χ3n) is 5.28. The minimum atomic E-state index is -0.881. The van der Waals surface area contributed by atoms with E-state index in [0.29, 0.717) is 17.9 Å². The first-order valence-electron chi connectivity index (χ1n) is 11.8. The molecule has 0 saturated carbocycles. The molecule has 0 aliphatic carbocycles. The molecule has 2 amide bonds. The number of primary amides is 1.